The lowest BCUT2D eigenvalue weighted by molar-refractivity contribution is -0.119. The number of carboxylic acid groups (broad SMARTS) is 1. The topological polar surface area (TPSA) is 177 Å². The summed E-state index contributed by atoms with van der Waals surface area (Å²) in [7, 11) is -4.25. The minimum atomic E-state index is -4.25. The molecule has 13 nitrogen and oxygen atoms in total. The monoisotopic (exact) mass is 711 g/mol. The summed E-state index contributed by atoms with van der Waals surface area (Å²) in [6.45, 7) is 8.98. The summed E-state index contributed by atoms with van der Waals surface area (Å²) in [6.07, 6.45) is 6.16. The van der Waals surface area contributed by atoms with Gasteiger partial charge in [-0.25, -0.2) is 27.9 Å². The molecule has 3 fully saturated rings. The Balaban J connectivity index is 1.14. The minimum Gasteiger partial charge on any atom is -0.478 e. The van der Waals surface area contributed by atoms with Crippen LogP contribution in [-0.4, -0.2) is 68.9 Å². The van der Waals surface area contributed by atoms with Crippen molar-refractivity contribution in [2.75, 3.05) is 11.3 Å². The van der Waals surface area contributed by atoms with Gasteiger partial charge in [0, 0.05) is 30.3 Å². The van der Waals surface area contributed by atoms with Gasteiger partial charge in [-0.15, -0.1) is 0 Å². The maximum Gasteiger partial charge on any atom is 0.335 e. The van der Waals surface area contributed by atoms with Crippen LogP contribution in [0.5, 0.6) is 5.88 Å². The molecule has 266 valence electrons. The average Bonchev–Trinajstić information content (AvgIpc) is 3.38. The van der Waals surface area contributed by atoms with Crippen LogP contribution in [-0.2, 0) is 23.1 Å². The van der Waals surface area contributed by atoms with Crippen LogP contribution in [0.25, 0.3) is 11.3 Å². The number of fused-ring (bicyclic) bond motifs is 1. The molecule has 3 aliphatic carbocycles. The van der Waals surface area contributed by atoms with Crippen molar-refractivity contribution in [2.45, 2.75) is 83.4 Å². The number of anilines is 1. The van der Waals surface area contributed by atoms with Gasteiger partial charge in [0.05, 0.1) is 40.3 Å². The summed E-state index contributed by atoms with van der Waals surface area (Å²) in [5.41, 5.74) is 5.15. The first-order valence-corrected chi connectivity index (χ1v) is 18.6. The number of hydrogen-bond acceptors (Lipinski definition) is 10. The zero-order chi connectivity index (χ0) is 36.1. The first-order valence-electron chi connectivity index (χ1n) is 17.1. The van der Waals surface area contributed by atoms with Gasteiger partial charge >= 0.3 is 5.97 Å². The van der Waals surface area contributed by atoms with Gasteiger partial charge in [0.25, 0.3) is 15.9 Å². The molecule has 3 N–H and O–H groups in total. The Hall–Kier alpha value is -4.95. The second kappa shape index (κ2) is 13.3. The van der Waals surface area contributed by atoms with Gasteiger partial charge in [-0.1, -0.05) is 24.3 Å². The largest absolute Gasteiger partial charge is 0.478 e. The van der Waals surface area contributed by atoms with E-state index in [1.807, 2.05) is 45.9 Å². The first kappa shape index (κ1) is 34.5. The minimum absolute atomic E-state index is 0.0561. The highest BCUT2D eigenvalue weighted by Gasteiger charge is 2.56. The normalized spacial score (nSPS) is 19.7. The van der Waals surface area contributed by atoms with E-state index in [9.17, 15) is 23.1 Å². The number of aromatic nitrogens is 4. The second-order valence-corrected chi connectivity index (χ2v) is 16.1. The highest BCUT2D eigenvalue weighted by molar-refractivity contribution is 7.92. The summed E-state index contributed by atoms with van der Waals surface area (Å²) >= 11 is 0. The Labute approximate surface area is 297 Å². The molecule has 2 aromatic carbocycles. The molecular formula is C37H41N7O6S. The summed E-state index contributed by atoms with van der Waals surface area (Å²) < 4.78 is 35.7. The summed E-state index contributed by atoms with van der Waals surface area (Å²) in [4.78, 5) is 44.0. The lowest BCUT2D eigenvalue weighted by Gasteiger charge is -2.63. The molecule has 14 heteroatoms. The maximum absolute atomic E-state index is 13.4. The lowest BCUT2D eigenvalue weighted by Crippen LogP contribution is -2.55. The number of hydrogen-bond donors (Lipinski definition) is 3. The van der Waals surface area contributed by atoms with Gasteiger partial charge in [-0.05, 0) is 94.0 Å². The quantitative estimate of drug-likeness (QED) is 0.158. The summed E-state index contributed by atoms with van der Waals surface area (Å²) in [5.74, 6) is -0.539. The number of aryl methyl sites for hydroxylation is 2. The van der Waals surface area contributed by atoms with Crippen LogP contribution in [0, 0.1) is 25.2 Å². The number of amides is 1. The highest BCUT2D eigenvalue weighted by Crippen LogP contribution is 2.66. The number of nitrogens with one attached hydrogen (secondary N) is 2. The van der Waals surface area contributed by atoms with Crippen LogP contribution in [0.1, 0.15) is 82.9 Å². The van der Waals surface area contributed by atoms with Crippen molar-refractivity contribution >= 4 is 27.8 Å². The van der Waals surface area contributed by atoms with Crippen LogP contribution in [0.4, 0.5) is 5.95 Å². The van der Waals surface area contributed by atoms with E-state index in [0.29, 0.717) is 35.6 Å². The predicted molar refractivity (Wildman–Crippen MR) is 189 cm³/mol. The smallest absolute Gasteiger partial charge is 0.335 e. The molecule has 1 atom stereocenters. The van der Waals surface area contributed by atoms with Crippen LogP contribution < -0.4 is 14.8 Å². The average molecular weight is 712 g/mol. The fourth-order valence-electron chi connectivity index (χ4n) is 7.55. The van der Waals surface area contributed by atoms with Crippen molar-refractivity contribution in [3.63, 3.8) is 0 Å². The van der Waals surface area contributed by atoms with Crippen molar-refractivity contribution in [2.24, 2.45) is 11.3 Å². The molecule has 0 saturated heterocycles. The van der Waals surface area contributed by atoms with Crippen LogP contribution >= 0.6 is 0 Å². The SMILES string of the molecule is Cc1cccc(C)c1-c1cc(OCC(CC23CC(C2)C3)NCc2cnc3c(n2)CN(C(C)C)C3=O)nc(NS(=O)(=O)c2cccc(C(=O)O)c2)n1. The Morgan fingerprint density at radius 3 is 2.45 bits per heavy atom. The maximum atomic E-state index is 13.4. The molecule has 2 bridgehead atoms. The van der Waals surface area contributed by atoms with Crippen molar-refractivity contribution < 1.29 is 27.9 Å². The van der Waals surface area contributed by atoms with Gasteiger partial charge in [-0.2, -0.15) is 4.98 Å². The summed E-state index contributed by atoms with van der Waals surface area (Å²) in [6, 6.07) is 12.6. The van der Waals surface area contributed by atoms with E-state index in [1.165, 1.54) is 37.5 Å². The molecule has 3 saturated carbocycles. The third kappa shape index (κ3) is 7.02. The van der Waals surface area contributed by atoms with E-state index in [2.05, 4.69) is 25.0 Å². The van der Waals surface area contributed by atoms with Crippen molar-refractivity contribution in [3.05, 3.63) is 88.5 Å². The number of rotatable bonds is 14. The Kier molecular flexibility index (Phi) is 9.00. The van der Waals surface area contributed by atoms with Crippen LogP contribution in [0.15, 0.2) is 59.6 Å². The third-order valence-corrected chi connectivity index (χ3v) is 11.5. The Bertz CT molecular complexity index is 2100. The van der Waals surface area contributed by atoms with Gasteiger partial charge in [0.1, 0.15) is 6.61 Å². The molecule has 1 aliphatic heterocycles. The van der Waals surface area contributed by atoms with Crippen molar-refractivity contribution in [1.29, 1.82) is 0 Å². The van der Waals surface area contributed by atoms with Crippen LogP contribution in [0.3, 0.4) is 0 Å². The molecule has 3 heterocycles. The number of carbonyl (C=O) groups excluding carboxylic acids is 1. The molecule has 0 radical (unpaired) electrons. The van der Waals surface area contributed by atoms with E-state index in [4.69, 9.17) is 9.72 Å². The number of nitrogens with zero attached hydrogens (tertiary/aromatic N) is 5. The first-order chi connectivity index (χ1) is 24.3. The number of aromatic carboxylic acids is 1. The Morgan fingerprint density at radius 1 is 1.06 bits per heavy atom. The van der Waals surface area contributed by atoms with E-state index < -0.39 is 16.0 Å². The number of sulfonamides is 1. The zero-order valence-electron chi connectivity index (χ0n) is 29.0. The van der Waals surface area contributed by atoms with Crippen molar-refractivity contribution in [1.82, 2.24) is 30.2 Å². The number of benzene rings is 2. The van der Waals surface area contributed by atoms with E-state index in [-0.39, 0.29) is 46.9 Å². The van der Waals surface area contributed by atoms with Gasteiger partial charge in [0.15, 0.2) is 5.69 Å². The molecule has 8 rings (SSSR count). The number of carboxylic acids is 1. The molecule has 2 aromatic heterocycles. The summed E-state index contributed by atoms with van der Waals surface area (Å²) in [5, 5.41) is 13.0. The van der Waals surface area contributed by atoms with E-state index >= 15 is 0 Å². The second-order valence-electron chi connectivity index (χ2n) is 14.4. The van der Waals surface area contributed by atoms with Gasteiger partial charge in [-0.3, -0.25) is 9.78 Å². The van der Waals surface area contributed by atoms with Gasteiger partial charge < -0.3 is 20.1 Å². The standard InChI is InChI=1S/C37H41N7O6S/c1-21(2)44-19-30-33(34(44)45)39-18-27(40-30)17-38-26(16-37-13-24(14-37)15-37)20-50-31-12-29(32-22(3)7-5-8-23(32)4)41-36(42-31)43-51(48,49)28-10-6-9-25(11-28)35(46)47/h5-12,18,21,24,26,38H,13-17,19-20H2,1-4H3,(H,46,47)(H,41,42,43). The third-order valence-electron chi connectivity index (χ3n) is 10.2. The molecule has 4 aromatic rings. The van der Waals surface area contributed by atoms with E-state index in [0.717, 1.165) is 40.8 Å². The molecule has 4 aliphatic rings. The fraction of sp³-hybridized carbons (Fsp3) is 0.405. The molecule has 1 amide bonds. The molecule has 1 unspecified atom stereocenters. The zero-order valence-corrected chi connectivity index (χ0v) is 29.8. The fourth-order valence-corrected chi connectivity index (χ4v) is 8.54. The lowest BCUT2D eigenvalue weighted by atomic mass is 9.43. The number of ether oxygens (including phenoxy) is 1. The predicted octanol–water partition coefficient (Wildman–Crippen LogP) is 5.14. The van der Waals surface area contributed by atoms with Crippen molar-refractivity contribution in [3.8, 4) is 17.1 Å². The molecule has 0 spiro atoms. The molecular weight excluding hydrogens is 671 g/mol. The van der Waals surface area contributed by atoms with Gasteiger partial charge in [0.2, 0.25) is 11.8 Å². The Morgan fingerprint density at radius 2 is 1.78 bits per heavy atom. The van der Waals surface area contributed by atoms with Crippen LogP contribution in [0.2, 0.25) is 0 Å². The number of carbonyl (C=O) groups is 2. The molecule has 51 heavy (non-hydrogen) atoms. The van der Waals surface area contributed by atoms with E-state index in [1.54, 1.807) is 17.2 Å². The highest BCUT2D eigenvalue weighted by atomic mass is 32.2.